The second-order valence-corrected chi connectivity index (χ2v) is 4.35. The maximum absolute atomic E-state index is 11.8. The lowest BCUT2D eigenvalue weighted by atomic mass is 10.1. The van der Waals surface area contributed by atoms with E-state index in [0.29, 0.717) is 12.6 Å². The Balaban J connectivity index is 2.51. The summed E-state index contributed by atoms with van der Waals surface area (Å²) in [4.78, 5) is 11.8. The van der Waals surface area contributed by atoms with Crippen LogP contribution in [0.5, 0.6) is 0 Å². The number of aryl methyl sites for hydroxylation is 1. The highest BCUT2D eigenvalue weighted by molar-refractivity contribution is 5.94. The molecular weight excluding hydrogens is 212 g/mol. The number of carbonyl (C=O) groups is 1. The lowest BCUT2D eigenvalue weighted by molar-refractivity contribution is 0.0950. The molecule has 0 saturated heterocycles. The molecule has 2 N–H and O–H groups in total. The molecule has 3 heteroatoms. The molecule has 0 aliphatic carbocycles. The van der Waals surface area contributed by atoms with Gasteiger partial charge in [-0.25, -0.2) is 0 Å². The van der Waals surface area contributed by atoms with Gasteiger partial charge < -0.3 is 10.6 Å². The van der Waals surface area contributed by atoms with E-state index in [2.05, 4.69) is 17.6 Å². The van der Waals surface area contributed by atoms with Crippen LogP contribution in [0.1, 0.15) is 36.2 Å². The fourth-order valence-corrected chi connectivity index (χ4v) is 1.56. The van der Waals surface area contributed by atoms with E-state index in [1.165, 1.54) is 5.56 Å². The number of nitrogens with one attached hydrogen (secondary N) is 2. The van der Waals surface area contributed by atoms with Crippen LogP contribution >= 0.6 is 0 Å². The summed E-state index contributed by atoms with van der Waals surface area (Å²) >= 11 is 0. The van der Waals surface area contributed by atoms with E-state index in [1.54, 1.807) is 0 Å². The Kier molecular flexibility index (Phi) is 5.70. The first kappa shape index (κ1) is 13.7. The molecule has 1 unspecified atom stereocenters. The maximum Gasteiger partial charge on any atom is 0.251 e. The lowest BCUT2D eigenvalue weighted by Crippen LogP contribution is -2.37. The van der Waals surface area contributed by atoms with Crippen LogP contribution in [0.15, 0.2) is 24.3 Å². The molecule has 1 aromatic carbocycles. The number of benzene rings is 1. The van der Waals surface area contributed by atoms with E-state index in [4.69, 9.17) is 0 Å². The quantitative estimate of drug-likeness (QED) is 0.790. The van der Waals surface area contributed by atoms with Crippen molar-refractivity contribution in [3.05, 3.63) is 35.4 Å². The topological polar surface area (TPSA) is 41.1 Å². The Morgan fingerprint density at radius 1 is 1.29 bits per heavy atom. The van der Waals surface area contributed by atoms with Gasteiger partial charge in [-0.2, -0.15) is 0 Å². The summed E-state index contributed by atoms with van der Waals surface area (Å²) in [5.74, 6) is -0.00449. The van der Waals surface area contributed by atoms with E-state index in [9.17, 15) is 4.79 Å². The summed E-state index contributed by atoms with van der Waals surface area (Å²) in [6, 6.07) is 8.13. The van der Waals surface area contributed by atoms with Crippen molar-refractivity contribution in [2.24, 2.45) is 0 Å². The first-order valence-corrected chi connectivity index (χ1v) is 6.21. The van der Waals surface area contributed by atoms with E-state index in [0.717, 1.165) is 18.4 Å². The van der Waals surface area contributed by atoms with Crippen molar-refractivity contribution in [2.45, 2.75) is 32.7 Å². The summed E-state index contributed by atoms with van der Waals surface area (Å²) in [5.41, 5.74) is 2.01. The molecule has 0 radical (unpaired) electrons. The second-order valence-electron chi connectivity index (χ2n) is 4.35. The van der Waals surface area contributed by atoms with Crippen molar-refractivity contribution in [2.75, 3.05) is 13.6 Å². The van der Waals surface area contributed by atoms with Crippen molar-refractivity contribution in [1.82, 2.24) is 10.6 Å². The van der Waals surface area contributed by atoms with Gasteiger partial charge >= 0.3 is 0 Å². The molecular formula is C14H22N2O. The smallest absolute Gasteiger partial charge is 0.251 e. The number of hydrogen-bond acceptors (Lipinski definition) is 2. The number of carbonyl (C=O) groups excluding carboxylic acids is 1. The van der Waals surface area contributed by atoms with Crippen molar-refractivity contribution in [1.29, 1.82) is 0 Å². The van der Waals surface area contributed by atoms with Crippen LogP contribution in [0, 0.1) is 0 Å². The summed E-state index contributed by atoms with van der Waals surface area (Å²) in [6.07, 6.45) is 2.20. The Morgan fingerprint density at radius 2 is 1.94 bits per heavy atom. The largest absolute Gasteiger partial charge is 0.350 e. The Morgan fingerprint density at radius 3 is 2.47 bits per heavy atom. The Hall–Kier alpha value is -1.35. The van der Waals surface area contributed by atoms with Crippen molar-refractivity contribution >= 4 is 5.91 Å². The second kappa shape index (κ2) is 7.07. The molecule has 0 aliphatic rings. The van der Waals surface area contributed by atoms with Gasteiger partial charge in [-0.15, -0.1) is 0 Å². The van der Waals surface area contributed by atoms with E-state index < -0.39 is 0 Å². The molecule has 3 nitrogen and oxygen atoms in total. The van der Waals surface area contributed by atoms with Gasteiger partial charge in [0, 0.05) is 18.2 Å². The van der Waals surface area contributed by atoms with Crippen LogP contribution in [0.2, 0.25) is 0 Å². The van der Waals surface area contributed by atoms with Gasteiger partial charge in [0.1, 0.15) is 0 Å². The molecule has 0 saturated carbocycles. The first-order valence-electron chi connectivity index (χ1n) is 6.21. The van der Waals surface area contributed by atoms with Crippen molar-refractivity contribution < 1.29 is 4.79 Å². The standard InChI is InChI=1S/C14H22N2O/c1-4-5-12-6-8-13(9-7-12)14(17)16-10-11(2)15-3/h6-9,11,15H,4-5,10H2,1-3H3,(H,16,17). The molecule has 94 valence electrons. The Bertz CT molecular complexity index is 346. The molecule has 1 atom stereocenters. The number of hydrogen-bond donors (Lipinski definition) is 2. The van der Waals surface area contributed by atoms with Crippen molar-refractivity contribution in [3.8, 4) is 0 Å². The minimum atomic E-state index is -0.00449. The van der Waals surface area contributed by atoms with Gasteiger partial charge in [-0.1, -0.05) is 25.5 Å². The van der Waals surface area contributed by atoms with Gasteiger partial charge in [0.15, 0.2) is 0 Å². The highest BCUT2D eigenvalue weighted by atomic mass is 16.1. The number of rotatable bonds is 6. The summed E-state index contributed by atoms with van der Waals surface area (Å²) in [6.45, 7) is 4.83. The maximum atomic E-state index is 11.8. The molecule has 1 amide bonds. The summed E-state index contributed by atoms with van der Waals surface area (Å²) < 4.78 is 0. The molecule has 1 aromatic rings. The summed E-state index contributed by atoms with van der Waals surface area (Å²) in [5, 5.41) is 5.98. The number of likely N-dealkylation sites (N-methyl/N-ethyl adjacent to an activating group) is 1. The summed E-state index contributed by atoms with van der Waals surface area (Å²) in [7, 11) is 1.89. The minimum Gasteiger partial charge on any atom is -0.350 e. The van der Waals surface area contributed by atoms with E-state index >= 15 is 0 Å². The minimum absolute atomic E-state index is 0.00449. The normalized spacial score (nSPS) is 12.2. The fourth-order valence-electron chi connectivity index (χ4n) is 1.56. The molecule has 0 aliphatic heterocycles. The van der Waals surface area contributed by atoms with E-state index in [-0.39, 0.29) is 5.91 Å². The number of amides is 1. The van der Waals surface area contributed by atoms with Gasteiger partial charge in [-0.05, 0) is 38.1 Å². The van der Waals surface area contributed by atoms with Crippen LogP contribution in [0.3, 0.4) is 0 Å². The molecule has 0 fully saturated rings. The van der Waals surface area contributed by atoms with Crippen molar-refractivity contribution in [3.63, 3.8) is 0 Å². The molecule has 0 spiro atoms. The predicted octanol–water partition coefficient (Wildman–Crippen LogP) is 1.98. The highest BCUT2D eigenvalue weighted by Gasteiger charge is 2.06. The average Bonchev–Trinajstić information content (AvgIpc) is 2.36. The first-order chi connectivity index (χ1) is 8.17. The van der Waals surface area contributed by atoms with E-state index in [1.807, 2.05) is 38.2 Å². The average molecular weight is 234 g/mol. The highest BCUT2D eigenvalue weighted by Crippen LogP contribution is 2.06. The van der Waals surface area contributed by atoms with Gasteiger partial charge in [-0.3, -0.25) is 4.79 Å². The third-order valence-corrected chi connectivity index (χ3v) is 2.82. The molecule has 1 rings (SSSR count). The Labute approximate surface area is 104 Å². The monoisotopic (exact) mass is 234 g/mol. The third-order valence-electron chi connectivity index (χ3n) is 2.82. The molecule has 0 heterocycles. The van der Waals surface area contributed by atoms with Gasteiger partial charge in [0.05, 0.1) is 0 Å². The lowest BCUT2D eigenvalue weighted by Gasteiger charge is -2.11. The van der Waals surface area contributed by atoms with Gasteiger partial charge in [0.2, 0.25) is 0 Å². The SMILES string of the molecule is CCCc1ccc(C(=O)NCC(C)NC)cc1. The molecule has 0 aromatic heterocycles. The molecule has 0 bridgehead atoms. The third kappa shape index (κ3) is 4.57. The zero-order valence-corrected chi connectivity index (χ0v) is 10.9. The van der Waals surface area contributed by atoms with Crippen LogP contribution in [0.25, 0.3) is 0 Å². The zero-order valence-electron chi connectivity index (χ0n) is 10.9. The fraction of sp³-hybridized carbons (Fsp3) is 0.500. The zero-order chi connectivity index (χ0) is 12.7. The van der Waals surface area contributed by atoms with Crippen LogP contribution in [-0.2, 0) is 6.42 Å². The van der Waals surface area contributed by atoms with Crippen LogP contribution in [-0.4, -0.2) is 25.5 Å². The predicted molar refractivity (Wildman–Crippen MR) is 71.3 cm³/mol. The van der Waals surface area contributed by atoms with Crippen LogP contribution < -0.4 is 10.6 Å². The van der Waals surface area contributed by atoms with Gasteiger partial charge in [0.25, 0.3) is 5.91 Å². The molecule has 17 heavy (non-hydrogen) atoms. The van der Waals surface area contributed by atoms with Crippen LogP contribution in [0.4, 0.5) is 0 Å².